The van der Waals surface area contributed by atoms with Crippen molar-refractivity contribution in [3.63, 3.8) is 0 Å². The van der Waals surface area contributed by atoms with Crippen LogP contribution in [0.1, 0.15) is 21.5 Å². The van der Waals surface area contributed by atoms with Crippen LogP contribution in [-0.2, 0) is 0 Å². The van der Waals surface area contributed by atoms with Crippen molar-refractivity contribution in [2.45, 2.75) is 6.92 Å². The molecule has 0 fully saturated rings. The fraction of sp³-hybridized carbons (Fsp3) is 0.0667. The van der Waals surface area contributed by atoms with Gasteiger partial charge in [-0.15, -0.1) is 0 Å². The van der Waals surface area contributed by atoms with Crippen LogP contribution in [0.4, 0.5) is 0 Å². The average molecular weight is 396 g/mol. The molecule has 0 radical (unpaired) electrons. The SMILES string of the molecule is Cc1ccc(/C=N\NC(=O)c2ccccc2Br)cc1Br. The molecule has 0 saturated carbocycles. The monoisotopic (exact) mass is 394 g/mol. The number of halogens is 2. The van der Waals surface area contributed by atoms with Gasteiger partial charge in [-0.25, -0.2) is 5.43 Å². The van der Waals surface area contributed by atoms with E-state index in [1.165, 1.54) is 0 Å². The highest BCUT2D eigenvalue weighted by molar-refractivity contribution is 9.10. The number of nitrogens with zero attached hydrogens (tertiary/aromatic N) is 1. The van der Waals surface area contributed by atoms with E-state index >= 15 is 0 Å². The second kappa shape index (κ2) is 6.81. The molecule has 1 N–H and O–H groups in total. The van der Waals surface area contributed by atoms with Gasteiger partial charge in [0.25, 0.3) is 5.91 Å². The van der Waals surface area contributed by atoms with Crippen molar-refractivity contribution < 1.29 is 4.79 Å². The highest BCUT2D eigenvalue weighted by Gasteiger charge is 2.07. The van der Waals surface area contributed by atoms with Gasteiger partial charge in [-0.1, -0.05) is 40.2 Å². The Hall–Kier alpha value is -1.46. The number of hydrogen-bond donors (Lipinski definition) is 1. The molecular weight excluding hydrogens is 384 g/mol. The van der Waals surface area contributed by atoms with Crippen molar-refractivity contribution in [1.29, 1.82) is 0 Å². The van der Waals surface area contributed by atoms with E-state index in [9.17, 15) is 4.79 Å². The Morgan fingerprint density at radius 3 is 2.60 bits per heavy atom. The summed E-state index contributed by atoms with van der Waals surface area (Å²) >= 11 is 6.79. The van der Waals surface area contributed by atoms with E-state index in [0.29, 0.717) is 5.56 Å². The molecule has 0 aromatic heterocycles. The van der Waals surface area contributed by atoms with Gasteiger partial charge in [0.15, 0.2) is 0 Å². The standard InChI is InChI=1S/C15H12Br2N2O/c1-10-6-7-11(8-14(10)17)9-18-19-15(20)12-4-2-3-5-13(12)16/h2-9H,1H3,(H,19,20)/b18-9-. The first-order valence-electron chi connectivity index (χ1n) is 5.92. The number of carbonyl (C=O) groups is 1. The maximum absolute atomic E-state index is 11.9. The van der Waals surface area contributed by atoms with Crippen LogP contribution in [0.3, 0.4) is 0 Å². The average Bonchev–Trinajstić information content (AvgIpc) is 2.43. The minimum Gasteiger partial charge on any atom is -0.267 e. The van der Waals surface area contributed by atoms with Crippen molar-refractivity contribution >= 4 is 44.0 Å². The van der Waals surface area contributed by atoms with Crippen LogP contribution in [-0.4, -0.2) is 12.1 Å². The third kappa shape index (κ3) is 3.77. The third-order valence-electron chi connectivity index (χ3n) is 2.69. The van der Waals surface area contributed by atoms with Gasteiger partial charge in [0, 0.05) is 8.95 Å². The molecule has 102 valence electrons. The zero-order valence-electron chi connectivity index (χ0n) is 10.7. The molecule has 0 aliphatic heterocycles. The Kier molecular flexibility index (Phi) is 5.09. The molecule has 0 atom stereocenters. The number of amides is 1. The van der Waals surface area contributed by atoms with Crippen LogP contribution >= 0.6 is 31.9 Å². The molecular formula is C15H12Br2N2O. The Bertz CT molecular complexity index is 669. The lowest BCUT2D eigenvalue weighted by Gasteiger charge is -2.02. The number of benzene rings is 2. The van der Waals surface area contributed by atoms with E-state index < -0.39 is 0 Å². The van der Waals surface area contributed by atoms with Gasteiger partial charge in [-0.2, -0.15) is 5.10 Å². The summed E-state index contributed by atoms with van der Waals surface area (Å²) in [5.74, 6) is -0.250. The van der Waals surface area contributed by atoms with Gasteiger partial charge in [-0.3, -0.25) is 4.79 Å². The molecule has 0 aliphatic rings. The molecule has 0 unspecified atom stereocenters. The fourth-order valence-corrected chi connectivity index (χ4v) is 2.42. The number of hydrogen-bond acceptors (Lipinski definition) is 2. The largest absolute Gasteiger partial charge is 0.272 e. The summed E-state index contributed by atoms with van der Waals surface area (Å²) in [6, 6.07) is 13.1. The van der Waals surface area contributed by atoms with Gasteiger partial charge in [-0.05, 0) is 52.2 Å². The molecule has 2 rings (SSSR count). The molecule has 1 amide bonds. The van der Waals surface area contributed by atoms with Crippen LogP contribution in [0, 0.1) is 6.92 Å². The minimum absolute atomic E-state index is 0.250. The highest BCUT2D eigenvalue weighted by atomic mass is 79.9. The molecule has 0 bridgehead atoms. The van der Waals surface area contributed by atoms with E-state index in [1.54, 1.807) is 18.3 Å². The van der Waals surface area contributed by atoms with Crippen molar-refractivity contribution in [3.05, 3.63) is 68.1 Å². The Labute approximate surface area is 134 Å². The Morgan fingerprint density at radius 2 is 1.90 bits per heavy atom. The van der Waals surface area contributed by atoms with E-state index in [4.69, 9.17) is 0 Å². The molecule has 2 aromatic carbocycles. The summed E-state index contributed by atoms with van der Waals surface area (Å²) in [4.78, 5) is 11.9. The molecule has 3 nitrogen and oxygen atoms in total. The van der Waals surface area contributed by atoms with Crippen molar-refractivity contribution in [3.8, 4) is 0 Å². The van der Waals surface area contributed by atoms with Crippen LogP contribution in [0.5, 0.6) is 0 Å². The highest BCUT2D eigenvalue weighted by Crippen LogP contribution is 2.17. The summed E-state index contributed by atoms with van der Waals surface area (Å²) in [6.07, 6.45) is 1.61. The van der Waals surface area contributed by atoms with Gasteiger partial charge in [0.2, 0.25) is 0 Å². The number of carbonyl (C=O) groups excluding carboxylic acids is 1. The Morgan fingerprint density at radius 1 is 1.15 bits per heavy atom. The van der Waals surface area contributed by atoms with Crippen LogP contribution < -0.4 is 5.43 Å². The third-order valence-corrected chi connectivity index (χ3v) is 4.24. The van der Waals surface area contributed by atoms with Gasteiger partial charge in [0.05, 0.1) is 11.8 Å². The Balaban J connectivity index is 2.05. The summed E-state index contributed by atoms with van der Waals surface area (Å²) in [5.41, 5.74) is 5.12. The molecule has 5 heteroatoms. The summed E-state index contributed by atoms with van der Waals surface area (Å²) < 4.78 is 1.75. The van der Waals surface area contributed by atoms with Crippen LogP contribution in [0.2, 0.25) is 0 Å². The van der Waals surface area contributed by atoms with E-state index in [-0.39, 0.29) is 5.91 Å². The summed E-state index contributed by atoms with van der Waals surface area (Å²) in [5, 5.41) is 3.96. The maximum Gasteiger partial charge on any atom is 0.272 e. The first kappa shape index (κ1) is 14.9. The van der Waals surface area contributed by atoms with E-state index in [0.717, 1.165) is 20.1 Å². The zero-order valence-corrected chi connectivity index (χ0v) is 13.9. The normalized spacial score (nSPS) is 10.8. The predicted octanol–water partition coefficient (Wildman–Crippen LogP) is 4.28. The van der Waals surface area contributed by atoms with Crippen LogP contribution in [0.25, 0.3) is 0 Å². The van der Waals surface area contributed by atoms with E-state index in [1.807, 2.05) is 37.3 Å². The fourth-order valence-electron chi connectivity index (χ4n) is 1.56. The van der Waals surface area contributed by atoms with E-state index in [2.05, 4.69) is 42.4 Å². The van der Waals surface area contributed by atoms with Crippen molar-refractivity contribution in [2.24, 2.45) is 5.10 Å². The molecule has 2 aromatic rings. The van der Waals surface area contributed by atoms with Crippen LogP contribution in [0.15, 0.2) is 56.5 Å². The first-order chi connectivity index (χ1) is 9.58. The second-order valence-corrected chi connectivity index (χ2v) is 5.90. The molecule has 0 aliphatic carbocycles. The smallest absolute Gasteiger partial charge is 0.267 e. The quantitative estimate of drug-likeness (QED) is 0.611. The summed E-state index contributed by atoms with van der Waals surface area (Å²) in [6.45, 7) is 2.01. The number of hydrazone groups is 1. The lowest BCUT2D eigenvalue weighted by Crippen LogP contribution is -2.18. The number of rotatable bonds is 3. The van der Waals surface area contributed by atoms with Gasteiger partial charge < -0.3 is 0 Å². The topological polar surface area (TPSA) is 41.5 Å². The van der Waals surface area contributed by atoms with Crippen molar-refractivity contribution in [2.75, 3.05) is 0 Å². The molecule has 20 heavy (non-hydrogen) atoms. The lowest BCUT2D eigenvalue weighted by atomic mass is 10.2. The lowest BCUT2D eigenvalue weighted by molar-refractivity contribution is 0.0954. The van der Waals surface area contributed by atoms with Gasteiger partial charge in [0.1, 0.15) is 0 Å². The van der Waals surface area contributed by atoms with Gasteiger partial charge >= 0.3 is 0 Å². The maximum atomic E-state index is 11.9. The molecule has 0 saturated heterocycles. The number of aryl methyl sites for hydroxylation is 1. The first-order valence-corrected chi connectivity index (χ1v) is 7.50. The predicted molar refractivity (Wildman–Crippen MR) is 88.1 cm³/mol. The summed E-state index contributed by atoms with van der Waals surface area (Å²) in [7, 11) is 0. The molecule has 0 heterocycles. The minimum atomic E-state index is -0.250. The zero-order chi connectivity index (χ0) is 14.5. The van der Waals surface area contributed by atoms with Crippen molar-refractivity contribution in [1.82, 2.24) is 5.43 Å². The molecule has 0 spiro atoms. The number of nitrogens with one attached hydrogen (secondary N) is 1. The second-order valence-electron chi connectivity index (χ2n) is 4.19.